The number of nitrogens with one attached hydrogen (secondary N) is 1. The molecule has 22 heavy (non-hydrogen) atoms. The van der Waals surface area contributed by atoms with Crippen molar-refractivity contribution in [1.29, 1.82) is 0 Å². The van der Waals surface area contributed by atoms with Gasteiger partial charge in [-0.2, -0.15) is 5.10 Å². The van der Waals surface area contributed by atoms with E-state index in [-0.39, 0.29) is 12.1 Å². The summed E-state index contributed by atoms with van der Waals surface area (Å²) in [6, 6.07) is 7.32. The van der Waals surface area contributed by atoms with Gasteiger partial charge in [-0.05, 0) is 31.5 Å². The van der Waals surface area contributed by atoms with Gasteiger partial charge in [0, 0.05) is 11.6 Å². The highest BCUT2D eigenvalue weighted by Crippen LogP contribution is 2.17. The topological polar surface area (TPSA) is 63.1 Å². The molecule has 0 radical (unpaired) electrons. The highest BCUT2D eigenvalue weighted by Gasteiger charge is 2.23. The van der Waals surface area contributed by atoms with Crippen LogP contribution in [0.5, 0.6) is 0 Å². The lowest BCUT2D eigenvalue weighted by Gasteiger charge is -2.28. The number of aryl methyl sites for hydroxylation is 1. The van der Waals surface area contributed by atoms with Gasteiger partial charge in [-0.3, -0.25) is 0 Å². The number of rotatable bonds is 2. The van der Waals surface area contributed by atoms with Crippen molar-refractivity contribution < 1.29 is 4.79 Å². The summed E-state index contributed by atoms with van der Waals surface area (Å²) >= 11 is 5.88. The van der Waals surface area contributed by atoms with Gasteiger partial charge in [0.1, 0.15) is 11.6 Å². The molecule has 1 aliphatic heterocycles. The molecule has 2 aromatic rings. The molecule has 1 aromatic carbocycles. The maximum Gasteiger partial charge on any atom is 0.318 e. The maximum absolute atomic E-state index is 12.4. The molecule has 6 nitrogen and oxygen atoms in total. The summed E-state index contributed by atoms with van der Waals surface area (Å²) in [5, 5.41) is 7.99. The predicted octanol–water partition coefficient (Wildman–Crippen LogP) is 2.53. The molecule has 116 valence electrons. The fourth-order valence-corrected chi connectivity index (χ4v) is 2.67. The smallest absolute Gasteiger partial charge is 0.318 e. The first-order chi connectivity index (χ1) is 10.5. The average Bonchev–Trinajstić information content (AvgIpc) is 2.86. The van der Waals surface area contributed by atoms with Crippen molar-refractivity contribution in [3.8, 4) is 0 Å². The van der Waals surface area contributed by atoms with Gasteiger partial charge in [0.25, 0.3) is 0 Å². The molecule has 7 heteroatoms. The van der Waals surface area contributed by atoms with E-state index in [1.165, 1.54) is 0 Å². The number of hydrogen-bond donors (Lipinski definition) is 1. The summed E-state index contributed by atoms with van der Waals surface area (Å²) < 4.78 is 1.86. The van der Waals surface area contributed by atoms with Crippen LogP contribution in [0.25, 0.3) is 0 Å². The monoisotopic (exact) mass is 319 g/mol. The first-order valence-corrected chi connectivity index (χ1v) is 7.62. The number of aromatic nitrogens is 3. The van der Waals surface area contributed by atoms with Crippen LogP contribution in [-0.2, 0) is 13.1 Å². The molecule has 0 saturated carbocycles. The third-order valence-electron chi connectivity index (χ3n) is 3.77. The number of hydrogen-bond acceptors (Lipinski definition) is 3. The predicted molar refractivity (Wildman–Crippen MR) is 83.6 cm³/mol. The maximum atomic E-state index is 12.4. The van der Waals surface area contributed by atoms with E-state index in [2.05, 4.69) is 15.4 Å². The van der Waals surface area contributed by atoms with Gasteiger partial charge in [-0.25, -0.2) is 14.5 Å². The van der Waals surface area contributed by atoms with E-state index in [9.17, 15) is 4.79 Å². The lowest BCUT2D eigenvalue weighted by Crippen LogP contribution is -2.45. The summed E-state index contributed by atoms with van der Waals surface area (Å²) in [6.07, 6.45) is 0. The van der Waals surface area contributed by atoms with E-state index in [1.807, 2.05) is 42.8 Å². The minimum absolute atomic E-state index is 0.0775. The van der Waals surface area contributed by atoms with Crippen molar-refractivity contribution in [2.45, 2.75) is 33.0 Å². The molecule has 3 rings (SSSR count). The third-order valence-corrected chi connectivity index (χ3v) is 4.02. The van der Waals surface area contributed by atoms with Crippen LogP contribution in [-0.4, -0.2) is 32.2 Å². The van der Waals surface area contributed by atoms with Crippen molar-refractivity contribution in [2.24, 2.45) is 0 Å². The van der Waals surface area contributed by atoms with E-state index >= 15 is 0 Å². The molecule has 0 unspecified atom stereocenters. The summed E-state index contributed by atoms with van der Waals surface area (Å²) in [5.41, 5.74) is 1.02. The fourth-order valence-electron chi connectivity index (χ4n) is 2.55. The number of carbonyl (C=O) groups is 1. The number of halogens is 1. The van der Waals surface area contributed by atoms with Crippen LogP contribution in [0.2, 0.25) is 5.02 Å². The number of fused-ring (bicyclic) bond motifs is 1. The van der Waals surface area contributed by atoms with E-state index in [0.29, 0.717) is 24.7 Å². The van der Waals surface area contributed by atoms with E-state index in [1.54, 1.807) is 4.90 Å². The minimum atomic E-state index is -0.0886. The Bertz CT molecular complexity index is 682. The molecule has 1 aliphatic rings. The zero-order valence-electron chi connectivity index (χ0n) is 12.6. The Morgan fingerprint density at radius 3 is 2.77 bits per heavy atom. The van der Waals surface area contributed by atoms with Crippen LogP contribution in [0.1, 0.15) is 30.2 Å². The molecule has 0 aliphatic carbocycles. The molecule has 1 N–H and O–H groups in total. The van der Waals surface area contributed by atoms with Gasteiger partial charge >= 0.3 is 6.03 Å². The fraction of sp³-hybridized carbons (Fsp3) is 0.400. The van der Waals surface area contributed by atoms with E-state index in [4.69, 9.17) is 11.6 Å². The van der Waals surface area contributed by atoms with E-state index < -0.39 is 0 Å². The highest BCUT2D eigenvalue weighted by atomic mass is 35.5. The second-order valence-electron chi connectivity index (χ2n) is 5.44. The van der Waals surface area contributed by atoms with Crippen molar-refractivity contribution in [3.05, 3.63) is 46.5 Å². The average molecular weight is 320 g/mol. The zero-order chi connectivity index (χ0) is 15.7. The zero-order valence-corrected chi connectivity index (χ0v) is 13.3. The molecule has 0 bridgehead atoms. The summed E-state index contributed by atoms with van der Waals surface area (Å²) in [5.74, 6) is 1.57. The van der Waals surface area contributed by atoms with Gasteiger partial charge < -0.3 is 10.2 Å². The van der Waals surface area contributed by atoms with Gasteiger partial charge in [0.2, 0.25) is 0 Å². The van der Waals surface area contributed by atoms with Crippen LogP contribution in [0.4, 0.5) is 4.79 Å². The molecule has 0 spiro atoms. The molecule has 0 saturated heterocycles. The Morgan fingerprint density at radius 2 is 2.05 bits per heavy atom. The molecule has 2 amide bonds. The Morgan fingerprint density at radius 1 is 1.32 bits per heavy atom. The first-order valence-electron chi connectivity index (χ1n) is 7.24. The Balaban J connectivity index is 1.64. The van der Waals surface area contributed by atoms with Crippen molar-refractivity contribution >= 4 is 17.6 Å². The van der Waals surface area contributed by atoms with Crippen LogP contribution < -0.4 is 5.32 Å². The van der Waals surface area contributed by atoms with Gasteiger partial charge in [0.15, 0.2) is 0 Å². The molecular weight excluding hydrogens is 302 g/mol. The number of amides is 2. The quantitative estimate of drug-likeness (QED) is 0.925. The number of nitrogens with zero attached hydrogens (tertiary/aromatic N) is 4. The summed E-state index contributed by atoms with van der Waals surface area (Å²) in [6.45, 7) is 5.62. The summed E-state index contributed by atoms with van der Waals surface area (Å²) in [7, 11) is 0. The lowest BCUT2D eigenvalue weighted by atomic mass is 10.1. The molecule has 0 fully saturated rings. The van der Waals surface area contributed by atoms with Crippen LogP contribution in [0.3, 0.4) is 0 Å². The number of carbonyl (C=O) groups excluding carboxylic acids is 1. The van der Waals surface area contributed by atoms with Crippen LogP contribution in [0, 0.1) is 6.92 Å². The molecular formula is C15H18ClN5O. The van der Waals surface area contributed by atoms with Gasteiger partial charge in [-0.1, -0.05) is 23.7 Å². The minimum Gasteiger partial charge on any atom is -0.331 e. The number of urea groups is 1. The largest absolute Gasteiger partial charge is 0.331 e. The van der Waals surface area contributed by atoms with Crippen molar-refractivity contribution in [3.63, 3.8) is 0 Å². The van der Waals surface area contributed by atoms with Crippen molar-refractivity contribution in [1.82, 2.24) is 25.0 Å². The van der Waals surface area contributed by atoms with Crippen molar-refractivity contribution in [2.75, 3.05) is 6.54 Å². The van der Waals surface area contributed by atoms with Gasteiger partial charge in [0.05, 0.1) is 19.1 Å². The Kier molecular flexibility index (Phi) is 4.02. The number of benzene rings is 1. The van der Waals surface area contributed by atoms with Crippen LogP contribution >= 0.6 is 11.6 Å². The SMILES string of the molecule is Cc1nc2n(n1)CCN(C(=O)N[C@@H](C)c1ccc(Cl)cc1)C2. The lowest BCUT2D eigenvalue weighted by molar-refractivity contribution is 0.176. The molecule has 1 aromatic heterocycles. The highest BCUT2D eigenvalue weighted by molar-refractivity contribution is 6.30. The Hall–Kier alpha value is -2.08. The van der Waals surface area contributed by atoms with Crippen LogP contribution in [0.15, 0.2) is 24.3 Å². The second-order valence-corrected chi connectivity index (χ2v) is 5.88. The normalized spacial score (nSPS) is 15.3. The summed E-state index contributed by atoms with van der Waals surface area (Å²) in [4.78, 5) is 18.5. The van der Waals surface area contributed by atoms with E-state index in [0.717, 1.165) is 17.2 Å². The molecule has 1 atom stereocenters. The molecule has 2 heterocycles. The Labute approximate surface area is 134 Å². The van der Waals surface area contributed by atoms with Gasteiger partial charge in [-0.15, -0.1) is 0 Å². The standard InChI is InChI=1S/C15H18ClN5O/c1-10(12-3-5-13(16)6-4-12)17-15(22)20-7-8-21-14(9-20)18-11(2)19-21/h3-6,10H,7-9H2,1-2H3,(H,17,22)/t10-/m0/s1. The second kappa shape index (κ2) is 5.96. The first kappa shape index (κ1) is 14.8. The third kappa shape index (κ3) is 3.06.